The molecule has 0 bridgehead atoms. The second-order valence-corrected chi connectivity index (χ2v) is 5.57. The first kappa shape index (κ1) is 12.9. The van der Waals surface area contributed by atoms with Gasteiger partial charge in [0.1, 0.15) is 0 Å². The average Bonchev–Trinajstić information content (AvgIpc) is 2.65. The van der Waals surface area contributed by atoms with Crippen molar-refractivity contribution in [1.29, 1.82) is 0 Å². The van der Waals surface area contributed by atoms with E-state index in [1.807, 2.05) is 32.0 Å². The Bertz CT molecular complexity index is 642. The summed E-state index contributed by atoms with van der Waals surface area (Å²) in [6.07, 6.45) is 0. The molecule has 1 aromatic carbocycles. The molecule has 0 atom stereocenters. The molecule has 0 radical (unpaired) electrons. The number of nitrogens with one attached hydrogen (secondary N) is 3. The molecule has 0 saturated heterocycles. The second-order valence-electron chi connectivity index (χ2n) is 4.85. The molecule has 18 heavy (non-hydrogen) atoms. The summed E-state index contributed by atoms with van der Waals surface area (Å²) in [5.41, 5.74) is 2.17. The van der Waals surface area contributed by atoms with Crippen LogP contribution in [-0.2, 0) is 5.41 Å². The average molecular weight is 312 g/mol. The number of carbonyl (C=O) groups excluding carboxylic acids is 1. The fourth-order valence-corrected chi connectivity index (χ4v) is 1.99. The zero-order chi connectivity index (χ0) is 13.3. The highest BCUT2D eigenvalue weighted by atomic mass is 79.9. The molecule has 1 aromatic heterocycles. The van der Waals surface area contributed by atoms with Crippen LogP contribution < -0.4 is 11.0 Å². The number of H-pyrrole nitrogens is 2. The van der Waals surface area contributed by atoms with Crippen molar-refractivity contribution in [3.05, 3.63) is 34.2 Å². The first-order chi connectivity index (χ1) is 8.38. The van der Waals surface area contributed by atoms with Crippen LogP contribution in [0.2, 0.25) is 0 Å². The van der Waals surface area contributed by atoms with Gasteiger partial charge in [0, 0.05) is 27.9 Å². The van der Waals surface area contributed by atoms with Gasteiger partial charge in [0.2, 0.25) is 0 Å². The molecular weight excluding hydrogens is 298 g/mol. The maximum absolute atomic E-state index is 11.2. The maximum Gasteiger partial charge on any atom is 0.323 e. The SMILES string of the molecule is CC(C)(CNC(=O)Br)c1ccc2[nH]c(=O)[nH]c2c1. The molecule has 0 unspecified atom stereocenters. The van der Waals surface area contributed by atoms with Crippen LogP contribution in [-0.4, -0.2) is 21.3 Å². The third-order valence-corrected chi connectivity index (χ3v) is 3.25. The van der Waals surface area contributed by atoms with E-state index < -0.39 is 0 Å². The van der Waals surface area contributed by atoms with E-state index in [9.17, 15) is 9.59 Å². The number of imidazole rings is 1. The highest BCUT2D eigenvalue weighted by Gasteiger charge is 2.21. The molecule has 2 aromatic rings. The van der Waals surface area contributed by atoms with Crippen LogP contribution in [0.4, 0.5) is 4.79 Å². The predicted molar refractivity (Wildman–Crippen MR) is 74.3 cm³/mol. The number of hydrogen-bond donors (Lipinski definition) is 3. The van der Waals surface area contributed by atoms with Crippen LogP contribution >= 0.6 is 15.9 Å². The van der Waals surface area contributed by atoms with Crippen LogP contribution in [0.15, 0.2) is 23.0 Å². The molecule has 6 heteroatoms. The quantitative estimate of drug-likeness (QED) is 0.600. The summed E-state index contributed by atoms with van der Waals surface area (Å²) in [6.45, 7) is 4.57. The Labute approximate surface area is 112 Å². The lowest BCUT2D eigenvalue weighted by Gasteiger charge is -2.25. The number of carbonyl (C=O) groups is 1. The van der Waals surface area contributed by atoms with Gasteiger partial charge >= 0.3 is 5.69 Å². The molecule has 0 aliphatic heterocycles. The summed E-state index contributed by atoms with van der Waals surface area (Å²) in [5, 5.41) is 2.74. The van der Waals surface area contributed by atoms with Gasteiger partial charge in [-0.2, -0.15) is 0 Å². The van der Waals surface area contributed by atoms with Gasteiger partial charge in [-0.3, -0.25) is 4.79 Å². The molecule has 0 saturated carbocycles. The molecule has 0 aliphatic rings. The van der Waals surface area contributed by atoms with Crippen molar-refractivity contribution in [3.8, 4) is 0 Å². The molecule has 0 fully saturated rings. The number of fused-ring (bicyclic) bond motifs is 1. The summed E-state index contributed by atoms with van der Waals surface area (Å²) in [6, 6.07) is 5.74. The molecule has 2 rings (SSSR count). The number of aromatic nitrogens is 2. The summed E-state index contributed by atoms with van der Waals surface area (Å²) < 4.78 is 0. The van der Waals surface area contributed by atoms with Crippen molar-refractivity contribution < 1.29 is 4.79 Å². The lowest BCUT2D eigenvalue weighted by molar-refractivity contribution is 0.259. The van der Waals surface area contributed by atoms with Gasteiger partial charge in [-0.25, -0.2) is 4.79 Å². The van der Waals surface area contributed by atoms with E-state index >= 15 is 0 Å². The summed E-state index contributed by atoms with van der Waals surface area (Å²) in [5.74, 6) is 0. The zero-order valence-corrected chi connectivity index (χ0v) is 11.7. The van der Waals surface area contributed by atoms with Crippen LogP contribution in [0, 0.1) is 0 Å². The van der Waals surface area contributed by atoms with E-state index in [1.165, 1.54) is 0 Å². The Morgan fingerprint density at radius 3 is 2.67 bits per heavy atom. The number of halogens is 1. The Hall–Kier alpha value is -1.56. The van der Waals surface area contributed by atoms with Crippen molar-refractivity contribution in [2.75, 3.05) is 6.54 Å². The third-order valence-electron chi connectivity index (χ3n) is 2.97. The normalized spacial score (nSPS) is 11.7. The number of benzene rings is 1. The van der Waals surface area contributed by atoms with Crippen LogP contribution in [0.1, 0.15) is 19.4 Å². The molecule has 0 aliphatic carbocycles. The Balaban J connectivity index is 2.34. The van der Waals surface area contributed by atoms with Crippen molar-refractivity contribution in [1.82, 2.24) is 15.3 Å². The second kappa shape index (κ2) is 4.61. The fourth-order valence-electron chi connectivity index (χ4n) is 1.85. The zero-order valence-electron chi connectivity index (χ0n) is 10.1. The van der Waals surface area contributed by atoms with Crippen molar-refractivity contribution in [2.24, 2.45) is 0 Å². The van der Waals surface area contributed by atoms with Gasteiger partial charge in [0.25, 0.3) is 4.82 Å². The predicted octanol–water partition coefficient (Wildman–Crippen LogP) is 2.24. The molecule has 1 heterocycles. The summed E-state index contributed by atoms with van der Waals surface area (Å²) in [7, 11) is 0. The topological polar surface area (TPSA) is 77.8 Å². The largest absolute Gasteiger partial charge is 0.346 e. The Kier molecular flexibility index (Phi) is 3.30. The van der Waals surface area contributed by atoms with Gasteiger partial charge in [-0.1, -0.05) is 19.9 Å². The van der Waals surface area contributed by atoms with Gasteiger partial charge in [0.05, 0.1) is 11.0 Å². The van der Waals surface area contributed by atoms with Crippen LogP contribution in [0.3, 0.4) is 0 Å². The standard InChI is InChI=1S/C12H14BrN3O2/c1-12(2,6-14-10(13)17)7-3-4-8-9(5-7)16-11(18)15-8/h3-5H,6H2,1-2H3,(H,14,17)(H2,15,16,18). The minimum atomic E-state index is -0.230. The van der Waals surface area contributed by atoms with Gasteiger partial charge in [0.15, 0.2) is 0 Å². The van der Waals surface area contributed by atoms with Crippen molar-refractivity contribution >= 4 is 31.8 Å². The van der Waals surface area contributed by atoms with Gasteiger partial charge in [-0.15, -0.1) is 0 Å². The minimum absolute atomic E-state index is 0.214. The molecular formula is C12H14BrN3O2. The van der Waals surface area contributed by atoms with E-state index in [-0.39, 0.29) is 15.9 Å². The number of aromatic amines is 2. The third kappa shape index (κ3) is 2.64. The monoisotopic (exact) mass is 311 g/mol. The van der Waals surface area contributed by atoms with E-state index in [2.05, 4.69) is 31.2 Å². The number of amides is 1. The van der Waals surface area contributed by atoms with Crippen LogP contribution in [0.5, 0.6) is 0 Å². The first-order valence-corrected chi connectivity index (χ1v) is 6.34. The fraction of sp³-hybridized carbons (Fsp3) is 0.333. The van der Waals surface area contributed by atoms with Crippen molar-refractivity contribution in [3.63, 3.8) is 0 Å². The minimum Gasteiger partial charge on any atom is -0.346 e. The van der Waals surface area contributed by atoms with Gasteiger partial charge < -0.3 is 15.3 Å². The number of rotatable bonds is 3. The Morgan fingerprint density at radius 1 is 1.33 bits per heavy atom. The highest BCUT2D eigenvalue weighted by Crippen LogP contribution is 2.24. The highest BCUT2D eigenvalue weighted by molar-refractivity contribution is 9.18. The molecule has 5 nitrogen and oxygen atoms in total. The van der Waals surface area contributed by atoms with Crippen molar-refractivity contribution in [2.45, 2.75) is 19.3 Å². The van der Waals surface area contributed by atoms with E-state index in [0.717, 1.165) is 16.6 Å². The van der Waals surface area contributed by atoms with E-state index in [4.69, 9.17) is 0 Å². The molecule has 96 valence electrons. The smallest absolute Gasteiger partial charge is 0.323 e. The molecule has 0 spiro atoms. The summed E-state index contributed by atoms with van der Waals surface area (Å²) in [4.78, 5) is 27.3. The van der Waals surface area contributed by atoms with Gasteiger partial charge in [-0.05, 0) is 17.7 Å². The van der Waals surface area contributed by atoms with E-state index in [0.29, 0.717) is 6.54 Å². The molecule has 1 amide bonds. The first-order valence-electron chi connectivity index (χ1n) is 5.54. The maximum atomic E-state index is 11.2. The Morgan fingerprint density at radius 2 is 2.00 bits per heavy atom. The van der Waals surface area contributed by atoms with E-state index in [1.54, 1.807) is 0 Å². The summed E-state index contributed by atoms with van der Waals surface area (Å²) >= 11 is 2.84. The number of hydrogen-bond acceptors (Lipinski definition) is 2. The van der Waals surface area contributed by atoms with Crippen LogP contribution in [0.25, 0.3) is 11.0 Å². The lowest BCUT2D eigenvalue weighted by Crippen LogP contribution is -2.34. The molecule has 3 N–H and O–H groups in total. The lowest BCUT2D eigenvalue weighted by atomic mass is 9.84.